The van der Waals surface area contributed by atoms with Gasteiger partial charge in [0.15, 0.2) is 0 Å². The van der Waals surface area contributed by atoms with Gasteiger partial charge in [0.2, 0.25) is 0 Å². The Kier molecular flexibility index (Phi) is 7.69. The van der Waals surface area contributed by atoms with Crippen molar-refractivity contribution in [3.8, 4) is 23.0 Å². The first-order valence-corrected chi connectivity index (χ1v) is 9.62. The van der Waals surface area contributed by atoms with Crippen LogP contribution in [0.3, 0.4) is 0 Å². The van der Waals surface area contributed by atoms with E-state index in [0.717, 1.165) is 11.1 Å². The second-order valence-corrected chi connectivity index (χ2v) is 6.51. The lowest BCUT2D eigenvalue weighted by Gasteiger charge is -2.17. The first-order valence-electron chi connectivity index (χ1n) is 9.62. The van der Waals surface area contributed by atoms with Crippen molar-refractivity contribution in [2.24, 2.45) is 0 Å². The Hall–Kier alpha value is -3.22. The van der Waals surface area contributed by atoms with Crippen molar-refractivity contribution in [2.45, 2.75) is 33.6 Å². The van der Waals surface area contributed by atoms with Gasteiger partial charge in [0.25, 0.3) is 0 Å². The van der Waals surface area contributed by atoms with Gasteiger partial charge in [0.1, 0.15) is 23.0 Å². The lowest BCUT2D eigenvalue weighted by Crippen LogP contribution is -2.15. The van der Waals surface area contributed by atoms with Crippen LogP contribution in [0.15, 0.2) is 18.2 Å². The van der Waals surface area contributed by atoms with Gasteiger partial charge in [-0.1, -0.05) is 13.8 Å². The second kappa shape index (κ2) is 10.0. The van der Waals surface area contributed by atoms with Gasteiger partial charge in [-0.25, -0.2) is 9.59 Å². The Morgan fingerprint density at radius 1 is 0.733 bits per heavy atom. The fourth-order valence-corrected chi connectivity index (χ4v) is 3.44. The molecule has 2 rings (SSSR count). The molecule has 0 amide bonds. The molecule has 0 radical (unpaired) electrons. The topological polar surface area (TPSA) is 80.3 Å². The van der Waals surface area contributed by atoms with E-state index in [2.05, 4.69) is 0 Å². The molecule has 0 bridgehead atoms. The van der Waals surface area contributed by atoms with E-state index in [4.69, 9.17) is 23.7 Å². The van der Waals surface area contributed by atoms with Crippen molar-refractivity contribution in [3.63, 3.8) is 0 Å². The lowest BCUT2D eigenvalue weighted by atomic mass is 10.00. The predicted molar refractivity (Wildman–Crippen MR) is 112 cm³/mol. The minimum atomic E-state index is -0.809. The molecule has 0 saturated carbocycles. The van der Waals surface area contributed by atoms with E-state index in [1.165, 1.54) is 40.6 Å². The molecule has 0 aliphatic rings. The van der Waals surface area contributed by atoms with Crippen molar-refractivity contribution in [2.75, 3.05) is 28.4 Å². The highest BCUT2D eigenvalue weighted by Gasteiger charge is 2.24. The molecule has 2 aromatic carbocycles. The van der Waals surface area contributed by atoms with Crippen LogP contribution in [0.25, 0.3) is 0 Å². The quantitative estimate of drug-likeness (QED) is 0.472. The first-order chi connectivity index (χ1) is 14.4. The van der Waals surface area contributed by atoms with Crippen molar-refractivity contribution in [1.82, 2.24) is 0 Å². The van der Waals surface area contributed by atoms with Crippen molar-refractivity contribution >= 4 is 11.9 Å². The molecule has 2 aromatic rings. The Morgan fingerprint density at radius 3 is 1.67 bits per heavy atom. The molecule has 7 heteroatoms. The van der Waals surface area contributed by atoms with E-state index >= 15 is 0 Å². The predicted octanol–water partition coefficient (Wildman–Crippen LogP) is 4.15. The normalized spacial score (nSPS) is 10.4. The van der Waals surface area contributed by atoms with Gasteiger partial charge in [-0.3, -0.25) is 0 Å². The van der Waals surface area contributed by atoms with E-state index in [-0.39, 0.29) is 11.1 Å². The molecule has 0 aliphatic heterocycles. The molecule has 0 saturated heterocycles. The SMILES string of the molecule is CCc1c(OC)cc(C(=O)OC(=O)c2cc(OC)c(CC)c(OC)c2C)cc1OC. The lowest BCUT2D eigenvalue weighted by molar-refractivity contribution is 0.0396. The van der Waals surface area contributed by atoms with E-state index in [1.807, 2.05) is 13.8 Å². The minimum absolute atomic E-state index is 0.149. The first kappa shape index (κ1) is 23.1. The fraction of sp³-hybridized carbons (Fsp3) is 0.391. The largest absolute Gasteiger partial charge is 0.496 e. The maximum atomic E-state index is 12.8. The van der Waals surface area contributed by atoms with Crippen LogP contribution in [0.4, 0.5) is 0 Å². The highest BCUT2D eigenvalue weighted by molar-refractivity contribution is 6.04. The molecule has 0 N–H and O–H groups in total. The summed E-state index contributed by atoms with van der Waals surface area (Å²) in [6.45, 7) is 5.65. The van der Waals surface area contributed by atoms with Gasteiger partial charge in [0, 0.05) is 16.7 Å². The Morgan fingerprint density at radius 2 is 1.23 bits per heavy atom. The van der Waals surface area contributed by atoms with Crippen LogP contribution >= 0.6 is 0 Å². The number of hydrogen-bond acceptors (Lipinski definition) is 7. The summed E-state index contributed by atoms with van der Waals surface area (Å²) in [6, 6.07) is 4.63. The maximum Gasteiger partial charge on any atom is 0.346 e. The maximum absolute atomic E-state index is 12.8. The van der Waals surface area contributed by atoms with E-state index in [1.54, 1.807) is 13.0 Å². The van der Waals surface area contributed by atoms with Gasteiger partial charge in [-0.2, -0.15) is 0 Å². The summed E-state index contributed by atoms with van der Waals surface area (Å²) < 4.78 is 26.7. The average Bonchev–Trinajstić information content (AvgIpc) is 2.76. The van der Waals surface area contributed by atoms with Crippen LogP contribution in [0, 0.1) is 6.92 Å². The van der Waals surface area contributed by atoms with Crippen LogP contribution in [0.2, 0.25) is 0 Å². The fourth-order valence-electron chi connectivity index (χ4n) is 3.44. The molecule has 0 fully saturated rings. The van der Waals surface area contributed by atoms with Crippen molar-refractivity contribution in [3.05, 3.63) is 46.0 Å². The summed E-state index contributed by atoms with van der Waals surface area (Å²) in [5.41, 5.74) is 2.58. The summed E-state index contributed by atoms with van der Waals surface area (Å²) in [5.74, 6) is 0.401. The van der Waals surface area contributed by atoms with Crippen LogP contribution in [-0.4, -0.2) is 40.4 Å². The van der Waals surface area contributed by atoms with E-state index in [9.17, 15) is 9.59 Å². The number of esters is 2. The van der Waals surface area contributed by atoms with Gasteiger partial charge < -0.3 is 23.7 Å². The molecule has 0 unspecified atom stereocenters. The van der Waals surface area contributed by atoms with Gasteiger partial charge in [0.05, 0.1) is 39.6 Å². The standard InChI is InChI=1S/C23H28O7/c1-8-15-18(26-4)10-14(11-19(15)27-5)22(24)30-23(25)17-12-20(28-6)16(9-2)21(29-7)13(17)3/h10-12H,8-9H2,1-7H3. The minimum Gasteiger partial charge on any atom is -0.496 e. The molecule has 0 atom stereocenters. The molecule has 0 aromatic heterocycles. The van der Waals surface area contributed by atoms with E-state index in [0.29, 0.717) is 41.4 Å². The van der Waals surface area contributed by atoms with Gasteiger partial charge >= 0.3 is 11.9 Å². The van der Waals surface area contributed by atoms with Crippen LogP contribution < -0.4 is 18.9 Å². The van der Waals surface area contributed by atoms with Crippen LogP contribution in [0.1, 0.15) is 51.3 Å². The second-order valence-electron chi connectivity index (χ2n) is 6.51. The third-order valence-electron chi connectivity index (χ3n) is 4.97. The summed E-state index contributed by atoms with van der Waals surface area (Å²) in [4.78, 5) is 25.5. The molecular weight excluding hydrogens is 388 g/mol. The third kappa shape index (κ3) is 4.35. The zero-order chi connectivity index (χ0) is 22.4. The number of carbonyl (C=O) groups excluding carboxylic acids is 2. The molecule has 162 valence electrons. The summed E-state index contributed by atoms with van der Waals surface area (Å²) in [7, 11) is 6.04. The number of ether oxygens (including phenoxy) is 5. The zero-order valence-corrected chi connectivity index (χ0v) is 18.5. The molecule has 0 aliphatic carbocycles. The number of methoxy groups -OCH3 is 4. The molecule has 30 heavy (non-hydrogen) atoms. The summed E-state index contributed by atoms with van der Waals surface area (Å²) in [5, 5.41) is 0. The third-order valence-corrected chi connectivity index (χ3v) is 4.97. The highest BCUT2D eigenvalue weighted by Crippen LogP contribution is 2.36. The smallest absolute Gasteiger partial charge is 0.346 e. The molecule has 7 nitrogen and oxygen atoms in total. The van der Waals surface area contributed by atoms with Crippen LogP contribution in [0.5, 0.6) is 23.0 Å². The number of hydrogen-bond donors (Lipinski definition) is 0. The van der Waals surface area contributed by atoms with Gasteiger partial charge in [-0.05, 0) is 38.0 Å². The molecule has 0 spiro atoms. The number of carbonyl (C=O) groups is 2. The Balaban J connectivity index is 2.42. The Labute approximate surface area is 176 Å². The monoisotopic (exact) mass is 416 g/mol. The molecule has 0 heterocycles. The average molecular weight is 416 g/mol. The van der Waals surface area contributed by atoms with Gasteiger partial charge in [-0.15, -0.1) is 0 Å². The molecular formula is C23H28O7. The Bertz CT molecular complexity index is 922. The van der Waals surface area contributed by atoms with Crippen molar-refractivity contribution < 1.29 is 33.3 Å². The summed E-state index contributed by atoms with van der Waals surface area (Å²) in [6.07, 6.45) is 1.31. The summed E-state index contributed by atoms with van der Waals surface area (Å²) >= 11 is 0. The van der Waals surface area contributed by atoms with Crippen molar-refractivity contribution in [1.29, 1.82) is 0 Å². The van der Waals surface area contributed by atoms with Crippen LogP contribution in [-0.2, 0) is 17.6 Å². The number of rotatable bonds is 8. The van der Waals surface area contributed by atoms with E-state index < -0.39 is 11.9 Å². The highest BCUT2D eigenvalue weighted by atomic mass is 16.6. The number of benzene rings is 2. The zero-order valence-electron chi connectivity index (χ0n) is 18.5.